The molecule has 0 aliphatic carbocycles. The van der Waals surface area contributed by atoms with Crippen LogP contribution in [-0.4, -0.2) is 35.4 Å². The van der Waals surface area contributed by atoms with E-state index in [2.05, 4.69) is 30.2 Å². The summed E-state index contributed by atoms with van der Waals surface area (Å²) < 4.78 is 1.17. The number of para-hydroxylation sites is 1. The highest BCUT2D eigenvalue weighted by Gasteiger charge is 2.11. The van der Waals surface area contributed by atoms with Crippen LogP contribution >= 0.6 is 11.3 Å². The predicted octanol–water partition coefficient (Wildman–Crippen LogP) is 4.24. The Hall–Kier alpha value is -2.24. The molecule has 1 N–H and O–H groups in total. The van der Waals surface area contributed by atoms with Crippen molar-refractivity contribution in [1.82, 2.24) is 9.88 Å². The summed E-state index contributed by atoms with van der Waals surface area (Å²) in [6, 6.07) is 16.3. The van der Waals surface area contributed by atoms with Crippen LogP contribution in [0.1, 0.15) is 13.8 Å². The van der Waals surface area contributed by atoms with Gasteiger partial charge in [0.2, 0.25) is 5.91 Å². The molecular formula is C19H21N3OS. The molecule has 4 nitrogen and oxygen atoms in total. The number of hydrogen-bond donors (Lipinski definition) is 1. The van der Waals surface area contributed by atoms with Crippen LogP contribution in [-0.2, 0) is 4.79 Å². The molecule has 3 rings (SSSR count). The average molecular weight is 339 g/mol. The number of fused-ring (bicyclic) bond motifs is 1. The Morgan fingerprint density at radius 2 is 2.00 bits per heavy atom. The summed E-state index contributed by atoms with van der Waals surface area (Å²) >= 11 is 1.66. The fourth-order valence-electron chi connectivity index (χ4n) is 2.34. The Morgan fingerprint density at radius 1 is 1.21 bits per heavy atom. The lowest BCUT2D eigenvalue weighted by molar-refractivity contribution is -0.117. The second-order valence-corrected chi connectivity index (χ2v) is 7.16. The van der Waals surface area contributed by atoms with Crippen molar-refractivity contribution < 1.29 is 4.79 Å². The van der Waals surface area contributed by atoms with Gasteiger partial charge in [0.05, 0.1) is 16.8 Å². The molecule has 0 spiro atoms. The second-order valence-electron chi connectivity index (χ2n) is 6.12. The fourth-order valence-corrected chi connectivity index (χ4v) is 3.30. The van der Waals surface area contributed by atoms with E-state index in [4.69, 9.17) is 0 Å². The van der Waals surface area contributed by atoms with Crippen LogP contribution in [0.25, 0.3) is 20.8 Å². The first kappa shape index (κ1) is 16.6. The summed E-state index contributed by atoms with van der Waals surface area (Å²) in [5.41, 5.74) is 2.82. The lowest BCUT2D eigenvalue weighted by Crippen LogP contribution is -2.34. The molecule has 0 saturated heterocycles. The molecule has 3 aromatic rings. The average Bonchev–Trinajstić information content (AvgIpc) is 2.99. The number of aromatic nitrogens is 1. The monoisotopic (exact) mass is 339 g/mol. The predicted molar refractivity (Wildman–Crippen MR) is 101 cm³/mol. The number of hydrogen-bond acceptors (Lipinski definition) is 4. The number of carbonyl (C=O) groups is 1. The van der Waals surface area contributed by atoms with E-state index in [1.165, 1.54) is 4.70 Å². The number of nitrogens with one attached hydrogen (secondary N) is 1. The van der Waals surface area contributed by atoms with Crippen molar-refractivity contribution >= 4 is 33.1 Å². The topological polar surface area (TPSA) is 45.2 Å². The van der Waals surface area contributed by atoms with Gasteiger partial charge in [-0.15, -0.1) is 11.3 Å². The van der Waals surface area contributed by atoms with Gasteiger partial charge in [-0.1, -0.05) is 24.3 Å². The van der Waals surface area contributed by atoms with Gasteiger partial charge >= 0.3 is 0 Å². The van der Waals surface area contributed by atoms with Crippen molar-refractivity contribution in [3.05, 3.63) is 48.5 Å². The molecule has 2 aromatic carbocycles. The number of carbonyl (C=O) groups excluding carboxylic acids is 1. The standard InChI is InChI=1S/C19H21N3OS/c1-13(2)22(3)12-18(23)20-15-8-6-7-14(11-15)19-21-16-9-4-5-10-17(16)24-19/h4-11,13H,12H2,1-3H3,(H,20,23). The Balaban J connectivity index is 1.78. The molecule has 0 fully saturated rings. The molecule has 124 valence electrons. The van der Waals surface area contributed by atoms with Gasteiger partial charge in [0.25, 0.3) is 0 Å². The van der Waals surface area contributed by atoms with E-state index in [0.29, 0.717) is 12.6 Å². The lowest BCUT2D eigenvalue weighted by atomic mass is 10.2. The minimum absolute atomic E-state index is 0.00681. The molecule has 0 aliphatic rings. The fraction of sp³-hybridized carbons (Fsp3) is 0.263. The van der Waals surface area contributed by atoms with E-state index < -0.39 is 0 Å². The number of benzene rings is 2. The van der Waals surface area contributed by atoms with Crippen LogP contribution in [0.2, 0.25) is 0 Å². The number of likely N-dealkylation sites (N-methyl/N-ethyl adjacent to an activating group) is 1. The molecule has 5 heteroatoms. The van der Waals surface area contributed by atoms with E-state index in [1.807, 2.05) is 54.4 Å². The highest BCUT2D eigenvalue weighted by Crippen LogP contribution is 2.31. The number of nitrogens with zero attached hydrogens (tertiary/aromatic N) is 2. The Bertz CT molecular complexity index is 823. The maximum Gasteiger partial charge on any atom is 0.238 e. The van der Waals surface area contributed by atoms with Gasteiger partial charge in [-0.25, -0.2) is 4.98 Å². The molecular weight excluding hydrogens is 318 g/mol. The van der Waals surface area contributed by atoms with Crippen molar-refractivity contribution in [3.63, 3.8) is 0 Å². The Kier molecular flexibility index (Phi) is 4.92. The van der Waals surface area contributed by atoms with Gasteiger partial charge < -0.3 is 5.32 Å². The lowest BCUT2D eigenvalue weighted by Gasteiger charge is -2.20. The minimum atomic E-state index is -0.00681. The Labute approximate surface area is 146 Å². The van der Waals surface area contributed by atoms with E-state index in [-0.39, 0.29) is 5.91 Å². The maximum absolute atomic E-state index is 12.2. The van der Waals surface area contributed by atoms with Gasteiger partial charge in [-0.2, -0.15) is 0 Å². The third-order valence-electron chi connectivity index (χ3n) is 3.96. The Morgan fingerprint density at radius 3 is 2.75 bits per heavy atom. The third-order valence-corrected chi connectivity index (χ3v) is 5.05. The van der Waals surface area contributed by atoms with E-state index in [1.54, 1.807) is 11.3 Å². The number of anilines is 1. The zero-order valence-electron chi connectivity index (χ0n) is 14.1. The van der Waals surface area contributed by atoms with Crippen molar-refractivity contribution in [3.8, 4) is 10.6 Å². The van der Waals surface area contributed by atoms with Crippen LogP contribution in [0.3, 0.4) is 0 Å². The summed E-state index contributed by atoms with van der Waals surface area (Å²) in [5, 5.41) is 3.93. The van der Waals surface area contributed by atoms with Crippen molar-refractivity contribution in [2.75, 3.05) is 18.9 Å². The van der Waals surface area contributed by atoms with Crippen LogP contribution in [0.5, 0.6) is 0 Å². The largest absolute Gasteiger partial charge is 0.325 e. The second kappa shape index (κ2) is 7.11. The molecule has 1 heterocycles. The first-order valence-electron chi connectivity index (χ1n) is 7.99. The van der Waals surface area contributed by atoms with E-state index >= 15 is 0 Å². The summed E-state index contributed by atoms with van der Waals surface area (Å²) in [6.07, 6.45) is 0. The molecule has 24 heavy (non-hydrogen) atoms. The van der Waals surface area contributed by atoms with Crippen LogP contribution in [0, 0.1) is 0 Å². The number of thiazole rings is 1. The number of amides is 1. The quantitative estimate of drug-likeness (QED) is 0.756. The molecule has 1 aromatic heterocycles. The number of rotatable bonds is 5. The first-order valence-corrected chi connectivity index (χ1v) is 8.80. The molecule has 0 aliphatic heterocycles. The van der Waals surface area contributed by atoms with Gasteiger partial charge in [-0.05, 0) is 45.2 Å². The zero-order chi connectivity index (χ0) is 17.1. The van der Waals surface area contributed by atoms with Crippen LogP contribution < -0.4 is 5.32 Å². The zero-order valence-corrected chi connectivity index (χ0v) is 14.9. The van der Waals surface area contributed by atoms with Crippen LogP contribution in [0.15, 0.2) is 48.5 Å². The third kappa shape index (κ3) is 3.80. The molecule has 0 saturated carbocycles. The minimum Gasteiger partial charge on any atom is -0.325 e. The van der Waals surface area contributed by atoms with Crippen LogP contribution in [0.4, 0.5) is 5.69 Å². The molecule has 0 radical (unpaired) electrons. The highest BCUT2D eigenvalue weighted by molar-refractivity contribution is 7.21. The summed E-state index contributed by atoms with van der Waals surface area (Å²) in [5.74, 6) is -0.00681. The van der Waals surface area contributed by atoms with Gasteiger partial charge in [0.15, 0.2) is 0 Å². The summed E-state index contributed by atoms with van der Waals surface area (Å²) in [4.78, 5) is 18.8. The maximum atomic E-state index is 12.2. The van der Waals surface area contributed by atoms with Crippen molar-refractivity contribution in [1.29, 1.82) is 0 Å². The summed E-state index contributed by atoms with van der Waals surface area (Å²) in [7, 11) is 1.95. The first-order chi connectivity index (χ1) is 11.5. The van der Waals surface area contributed by atoms with Gasteiger partial charge in [-0.3, -0.25) is 9.69 Å². The molecule has 1 amide bonds. The molecule has 0 bridgehead atoms. The van der Waals surface area contributed by atoms with E-state index in [0.717, 1.165) is 21.8 Å². The normalized spacial score (nSPS) is 11.4. The SMILES string of the molecule is CC(C)N(C)CC(=O)Nc1cccc(-c2nc3ccccc3s2)c1. The molecule has 0 atom stereocenters. The van der Waals surface area contributed by atoms with Gasteiger partial charge in [0, 0.05) is 17.3 Å². The van der Waals surface area contributed by atoms with Gasteiger partial charge in [0.1, 0.15) is 5.01 Å². The van der Waals surface area contributed by atoms with Crippen molar-refractivity contribution in [2.45, 2.75) is 19.9 Å². The van der Waals surface area contributed by atoms with Crippen molar-refractivity contribution in [2.24, 2.45) is 0 Å². The smallest absolute Gasteiger partial charge is 0.238 e. The summed E-state index contributed by atoms with van der Waals surface area (Å²) in [6.45, 7) is 4.52. The van der Waals surface area contributed by atoms with E-state index in [9.17, 15) is 4.79 Å². The molecule has 0 unspecified atom stereocenters. The highest BCUT2D eigenvalue weighted by atomic mass is 32.1.